The Hall–Kier alpha value is -3.12. The van der Waals surface area contributed by atoms with Gasteiger partial charge in [-0.05, 0) is 37.5 Å². The van der Waals surface area contributed by atoms with Crippen LogP contribution in [-0.2, 0) is 6.54 Å². The summed E-state index contributed by atoms with van der Waals surface area (Å²) in [4.78, 5) is 15.0. The summed E-state index contributed by atoms with van der Waals surface area (Å²) in [6.45, 7) is 4.52. The second-order valence-electron chi connectivity index (χ2n) is 7.57. The molecule has 1 aromatic heterocycles. The highest BCUT2D eigenvalue weighted by atomic mass is 16.3. The highest BCUT2D eigenvalue weighted by Crippen LogP contribution is 2.27. The van der Waals surface area contributed by atoms with Gasteiger partial charge in [-0.2, -0.15) is 5.10 Å². The van der Waals surface area contributed by atoms with E-state index in [1.54, 1.807) is 12.3 Å². The number of carbonyl (C=O) groups excluding carboxylic acids is 1. The first-order valence-corrected chi connectivity index (χ1v) is 10.0. The lowest BCUT2D eigenvalue weighted by Crippen LogP contribution is -2.35. The first-order valence-electron chi connectivity index (χ1n) is 10.0. The van der Waals surface area contributed by atoms with Crippen molar-refractivity contribution in [2.24, 2.45) is 0 Å². The van der Waals surface area contributed by atoms with Crippen LogP contribution in [0.2, 0.25) is 0 Å². The number of aromatic hydroxyl groups is 1. The normalized spacial score (nSPS) is 15.3. The average Bonchev–Trinajstić information content (AvgIpc) is 3.18. The van der Waals surface area contributed by atoms with Gasteiger partial charge in [0.1, 0.15) is 11.6 Å². The summed E-state index contributed by atoms with van der Waals surface area (Å²) < 4.78 is 1.94. The fourth-order valence-electron chi connectivity index (χ4n) is 3.92. The van der Waals surface area contributed by atoms with Gasteiger partial charge in [0, 0.05) is 36.8 Å². The zero-order chi connectivity index (χ0) is 20.2. The van der Waals surface area contributed by atoms with E-state index < -0.39 is 0 Å². The highest BCUT2D eigenvalue weighted by molar-refractivity contribution is 6.04. The Kier molecular flexibility index (Phi) is 5.62. The number of para-hydroxylation sites is 1. The number of phenols is 1. The Morgan fingerprint density at radius 3 is 2.59 bits per heavy atom. The maximum Gasteiger partial charge on any atom is 0.257 e. The fourth-order valence-corrected chi connectivity index (χ4v) is 3.92. The molecule has 1 amide bonds. The summed E-state index contributed by atoms with van der Waals surface area (Å²) in [5.41, 5.74) is 2.59. The average molecular weight is 390 g/mol. The molecule has 0 bridgehead atoms. The summed E-state index contributed by atoms with van der Waals surface area (Å²) in [7, 11) is 0. The van der Waals surface area contributed by atoms with E-state index in [4.69, 9.17) is 0 Å². The number of nitrogens with one attached hydrogen (secondary N) is 1. The number of aromatic nitrogens is 2. The van der Waals surface area contributed by atoms with Gasteiger partial charge in [0.25, 0.3) is 5.91 Å². The zero-order valence-electron chi connectivity index (χ0n) is 16.6. The minimum Gasteiger partial charge on any atom is -0.508 e. The predicted octanol–water partition coefficient (Wildman–Crippen LogP) is 3.99. The monoisotopic (exact) mass is 390 g/mol. The molecular formula is C23H26N4O2. The number of likely N-dealkylation sites (tertiary alicyclic amines) is 1. The third-order valence-corrected chi connectivity index (χ3v) is 5.59. The van der Waals surface area contributed by atoms with Crippen LogP contribution in [0.5, 0.6) is 5.75 Å². The Balaban J connectivity index is 1.39. The number of nitrogens with zero attached hydrogens (tertiary/aromatic N) is 3. The maximum atomic E-state index is 12.7. The Morgan fingerprint density at radius 1 is 1.10 bits per heavy atom. The van der Waals surface area contributed by atoms with E-state index in [0.29, 0.717) is 11.3 Å². The van der Waals surface area contributed by atoms with Crippen LogP contribution >= 0.6 is 0 Å². The van der Waals surface area contributed by atoms with Crippen molar-refractivity contribution in [3.8, 4) is 5.75 Å². The first-order chi connectivity index (χ1) is 14.1. The number of amides is 1. The second-order valence-corrected chi connectivity index (χ2v) is 7.57. The van der Waals surface area contributed by atoms with Gasteiger partial charge in [0.05, 0.1) is 12.2 Å². The topological polar surface area (TPSA) is 70.4 Å². The van der Waals surface area contributed by atoms with Crippen molar-refractivity contribution in [3.05, 3.63) is 77.5 Å². The van der Waals surface area contributed by atoms with Gasteiger partial charge in [0.2, 0.25) is 0 Å². The van der Waals surface area contributed by atoms with E-state index in [1.807, 2.05) is 60.1 Å². The third-order valence-electron chi connectivity index (χ3n) is 5.59. The van der Waals surface area contributed by atoms with Crippen molar-refractivity contribution in [1.82, 2.24) is 14.7 Å². The lowest BCUT2D eigenvalue weighted by molar-refractivity contribution is 0.102. The van der Waals surface area contributed by atoms with Crippen LogP contribution in [0.3, 0.4) is 0 Å². The molecule has 2 N–H and O–H groups in total. The van der Waals surface area contributed by atoms with Crippen LogP contribution in [0.25, 0.3) is 0 Å². The maximum absolute atomic E-state index is 12.7. The van der Waals surface area contributed by atoms with Crippen LogP contribution in [0, 0.1) is 6.92 Å². The molecule has 1 saturated heterocycles. The largest absolute Gasteiger partial charge is 0.508 e. The van der Waals surface area contributed by atoms with Gasteiger partial charge < -0.3 is 10.4 Å². The summed E-state index contributed by atoms with van der Waals surface area (Å²) in [6, 6.07) is 17.2. The third kappa shape index (κ3) is 4.32. The number of piperidine rings is 1. The summed E-state index contributed by atoms with van der Waals surface area (Å²) in [6.07, 6.45) is 3.63. The smallest absolute Gasteiger partial charge is 0.257 e. The summed E-state index contributed by atoms with van der Waals surface area (Å²) >= 11 is 0. The van der Waals surface area contributed by atoms with Crippen molar-refractivity contribution < 1.29 is 9.90 Å². The molecule has 0 saturated carbocycles. The lowest BCUT2D eigenvalue weighted by atomic mass is 10.0. The number of aryl methyl sites for hydroxylation is 1. The van der Waals surface area contributed by atoms with Crippen molar-refractivity contribution in [1.29, 1.82) is 0 Å². The minimum atomic E-state index is -0.109. The summed E-state index contributed by atoms with van der Waals surface area (Å²) in [5, 5.41) is 17.5. The number of carbonyl (C=O) groups is 1. The van der Waals surface area contributed by atoms with E-state index in [1.165, 1.54) is 0 Å². The van der Waals surface area contributed by atoms with Crippen molar-refractivity contribution >= 4 is 11.7 Å². The molecule has 6 nitrogen and oxygen atoms in total. The zero-order valence-corrected chi connectivity index (χ0v) is 16.6. The summed E-state index contributed by atoms with van der Waals surface area (Å²) in [5.74, 6) is 0.974. The van der Waals surface area contributed by atoms with Gasteiger partial charge >= 0.3 is 0 Å². The molecule has 0 unspecified atom stereocenters. The molecule has 1 aliphatic rings. The van der Waals surface area contributed by atoms with Gasteiger partial charge in [-0.25, -0.2) is 4.68 Å². The van der Waals surface area contributed by atoms with Gasteiger partial charge in [-0.3, -0.25) is 9.69 Å². The Morgan fingerprint density at radius 2 is 1.83 bits per heavy atom. The molecular weight excluding hydrogens is 364 g/mol. The SMILES string of the molecule is Cc1ccccc1C(=O)Nc1ccnn1C1CCN(Cc2ccccc2O)CC1. The van der Waals surface area contributed by atoms with Crippen LogP contribution < -0.4 is 5.32 Å². The molecule has 6 heteroatoms. The Labute approximate surface area is 170 Å². The molecule has 2 heterocycles. The number of hydrogen-bond donors (Lipinski definition) is 2. The van der Waals surface area contributed by atoms with E-state index in [-0.39, 0.29) is 11.9 Å². The molecule has 2 aromatic carbocycles. The number of hydrogen-bond acceptors (Lipinski definition) is 4. The van der Waals surface area contributed by atoms with E-state index in [0.717, 1.165) is 49.4 Å². The molecule has 29 heavy (non-hydrogen) atoms. The molecule has 0 aliphatic carbocycles. The molecule has 150 valence electrons. The predicted molar refractivity (Wildman–Crippen MR) is 113 cm³/mol. The van der Waals surface area contributed by atoms with E-state index >= 15 is 0 Å². The quantitative estimate of drug-likeness (QED) is 0.691. The molecule has 4 rings (SSSR count). The second kappa shape index (κ2) is 8.49. The highest BCUT2D eigenvalue weighted by Gasteiger charge is 2.24. The first kappa shape index (κ1) is 19.2. The number of benzene rings is 2. The van der Waals surface area contributed by atoms with Crippen LogP contribution in [-0.4, -0.2) is 38.8 Å². The standard InChI is InChI=1S/C23H26N4O2/c1-17-6-2-4-8-20(17)23(29)25-22-10-13-24-27(22)19-11-14-26(15-12-19)16-18-7-3-5-9-21(18)28/h2-10,13,19,28H,11-12,14-16H2,1H3,(H,25,29). The van der Waals surface area contributed by atoms with Gasteiger partial charge in [-0.1, -0.05) is 36.4 Å². The van der Waals surface area contributed by atoms with Crippen LogP contribution in [0.1, 0.15) is 40.4 Å². The van der Waals surface area contributed by atoms with Crippen LogP contribution in [0.15, 0.2) is 60.8 Å². The number of rotatable bonds is 5. The molecule has 0 radical (unpaired) electrons. The molecule has 0 atom stereocenters. The van der Waals surface area contributed by atoms with E-state index in [2.05, 4.69) is 15.3 Å². The van der Waals surface area contributed by atoms with Gasteiger partial charge in [0.15, 0.2) is 0 Å². The van der Waals surface area contributed by atoms with Crippen molar-refractivity contribution in [2.75, 3.05) is 18.4 Å². The van der Waals surface area contributed by atoms with Gasteiger partial charge in [-0.15, -0.1) is 0 Å². The molecule has 1 aliphatic heterocycles. The van der Waals surface area contributed by atoms with Crippen molar-refractivity contribution in [2.45, 2.75) is 32.4 Å². The number of anilines is 1. The van der Waals surface area contributed by atoms with E-state index in [9.17, 15) is 9.90 Å². The molecule has 3 aromatic rings. The molecule has 0 spiro atoms. The fraction of sp³-hybridized carbons (Fsp3) is 0.304. The number of phenolic OH excluding ortho intramolecular Hbond substituents is 1. The minimum absolute atomic E-state index is 0.109. The molecule has 1 fully saturated rings. The van der Waals surface area contributed by atoms with Crippen molar-refractivity contribution in [3.63, 3.8) is 0 Å². The van der Waals surface area contributed by atoms with Crippen LogP contribution in [0.4, 0.5) is 5.82 Å². The lowest BCUT2D eigenvalue weighted by Gasteiger charge is -2.32. The Bertz CT molecular complexity index is 990.